The van der Waals surface area contributed by atoms with Gasteiger partial charge in [0.25, 0.3) is 0 Å². The number of nitrogens with zero attached hydrogens (tertiary/aromatic N) is 3. The molecule has 0 aliphatic heterocycles. The largest absolute Gasteiger partial charge is 0.351 e. The van der Waals surface area contributed by atoms with Gasteiger partial charge in [0.2, 0.25) is 4.96 Å². The molecule has 0 spiro atoms. The number of thiazole rings is 1. The van der Waals surface area contributed by atoms with E-state index in [0.717, 1.165) is 11.3 Å². The third-order valence-corrected chi connectivity index (χ3v) is 6.41. The Morgan fingerprint density at radius 3 is 2.52 bits per heavy atom. The van der Waals surface area contributed by atoms with E-state index in [4.69, 9.17) is 0 Å². The summed E-state index contributed by atoms with van der Waals surface area (Å²) in [5, 5.41) is 6.10. The fourth-order valence-electron chi connectivity index (χ4n) is 2.37. The van der Waals surface area contributed by atoms with Gasteiger partial charge in [-0.1, -0.05) is 17.7 Å². The molecular weight excluding hydrogens is 334 g/mol. The molecule has 0 N–H and O–H groups in total. The lowest BCUT2D eigenvalue weighted by atomic mass is 10.2. The van der Waals surface area contributed by atoms with Crippen molar-refractivity contribution in [3.63, 3.8) is 0 Å². The lowest BCUT2D eigenvalue weighted by Crippen LogP contribution is -2.23. The van der Waals surface area contributed by atoms with E-state index in [1.807, 2.05) is 19.2 Å². The van der Waals surface area contributed by atoms with Crippen LogP contribution in [-0.2, 0) is 16.4 Å². The highest BCUT2D eigenvalue weighted by atomic mass is 32.2. The van der Waals surface area contributed by atoms with Gasteiger partial charge in [-0.15, -0.1) is 16.4 Å². The van der Waals surface area contributed by atoms with Crippen molar-refractivity contribution < 1.29 is 8.42 Å². The van der Waals surface area contributed by atoms with Crippen molar-refractivity contribution in [1.82, 2.24) is 14.2 Å². The first-order valence-corrected chi connectivity index (χ1v) is 9.75. The van der Waals surface area contributed by atoms with Gasteiger partial charge in [0.15, 0.2) is 9.84 Å². The van der Waals surface area contributed by atoms with Crippen LogP contribution in [0, 0.1) is 13.8 Å². The van der Waals surface area contributed by atoms with Crippen LogP contribution in [0.1, 0.15) is 17.7 Å². The number of aryl methyl sites for hydroxylation is 3. The van der Waals surface area contributed by atoms with E-state index in [-0.39, 0.29) is 18.0 Å². The Morgan fingerprint density at radius 1 is 1.17 bits per heavy atom. The Labute approximate surface area is 137 Å². The van der Waals surface area contributed by atoms with Gasteiger partial charge < -0.3 is 0 Å². The highest BCUT2D eigenvalue weighted by Gasteiger charge is 2.15. The fraction of sp³-hybridized carbons (Fsp3) is 0.333. The summed E-state index contributed by atoms with van der Waals surface area (Å²) in [6.45, 7) is 4.05. The maximum absolute atomic E-state index is 12.3. The lowest BCUT2D eigenvalue weighted by molar-refractivity contribution is 0.562. The molecule has 2 heterocycles. The molecule has 0 bridgehead atoms. The van der Waals surface area contributed by atoms with Crippen molar-refractivity contribution in [3.8, 4) is 0 Å². The van der Waals surface area contributed by atoms with Gasteiger partial charge >= 0.3 is 5.69 Å². The number of aromatic nitrogens is 3. The number of hydrogen-bond acceptors (Lipinski definition) is 5. The highest BCUT2D eigenvalue weighted by molar-refractivity contribution is 7.91. The van der Waals surface area contributed by atoms with Crippen LogP contribution in [0.3, 0.4) is 0 Å². The van der Waals surface area contributed by atoms with Crippen molar-refractivity contribution in [1.29, 1.82) is 0 Å². The number of fused-ring (bicyclic) bond motifs is 1. The smallest absolute Gasteiger partial charge is 0.246 e. The fourth-order valence-corrected chi connectivity index (χ4v) is 4.52. The van der Waals surface area contributed by atoms with Crippen molar-refractivity contribution >= 4 is 26.1 Å². The average molecular weight is 351 g/mol. The van der Waals surface area contributed by atoms with Crippen LogP contribution in [0.2, 0.25) is 0 Å². The zero-order valence-corrected chi connectivity index (χ0v) is 14.5. The van der Waals surface area contributed by atoms with Gasteiger partial charge in [0.05, 0.1) is 10.6 Å². The molecule has 0 amide bonds. The predicted molar refractivity (Wildman–Crippen MR) is 89.9 cm³/mol. The molecular formula is C15H17N3O3S2. The molecule has 23 heavy (non-hydrogen) atoms. The van der Waals surface area contributed by atoms with Gasteiger partial charge in [0.1, 0.15) is 0 Å². The minimum Gasteiger partial charge on any atom is -0.246 e. The molecule has 3 rings (SSSR count). The summed E-state index contributed by atoms with van der Waals surface area (Å²) < 4.78 is 27.4. The van der Waals surface area contributed by atoms with Crippen LogP contribution in [0.15, 0.2) is 39.3 Å². The van der Waals surface area contributed by atoms with E-state index in [2.05, 4.69) is 5.10 Å². The van der Waals surface area contributed by atoms with Crippen LogP contribution in [-0.4, -0.2) is 28.4 Å². The topological polar surface area (TPSA) is 73.4 Å². The SMILES string of the molecule is Cc1ccc(S(=O)(=O)CCCn2nc3scc(C)n3c2=O)cc1. The molecule has 0 fully saturated rings. The maximum Gasteiger partial charge on any atom is 0.351 e. The Morgan fingerprint density at radius 2 is 1.87 bits per heavy atom. The minimum atomic E-state index is -3.33. The number of benzene rings is 1. The van der Waals surface area contributed by atoms with Crippen LogP contribution in [0.5, 0.6) is 0 Å². The summed E-state index contributed by atoms with van der Waals surface area (Å²) in [7, 11) is -3.33. The lowest BCUT2D eigenvalue weighted by Gasteiger charge is -2.04. The Bertz CT molecular complexity index is 995. The number of hydrogen-bond donors (Lipinski definition) is 0. The summed E-state index contributed by atoms with van der Waals surface area (Å²) in [6, 6.07) is 6.80. The van der Waals surface area contributed by atoms with E-state index in [9.17, 15) is 13.2 Å². The zero-order chi connectivity index (χ0) is 16.6. The second-order valence-electron chi connectivity index (χ2n) is 5.49. The summed E-state index contributed by atoms with van der Waals surface area (Å²) in [5.74, 6) is -0.00728. The summed E-state index contributed by atoms with van der Waals surface area (Å²) in [5.41, 5.74) is 1.64. The third kappa shape index (κ3) is 3.09. The Kier molecular flexibility index (Phi) is 4.11. The molecule has 0 radical (unpaired) electrons. The molecule has 0 saturated carbocycles. The van der Waals surface area contributed by atoms with Crippen molar-refractivity contribution in [3.05, 3.63) is 51.4 Å². The molecule has 1 aromatic carbocycles. The van der Waals surface area contributed by atoms with E-state index >= 15 is 0 Å². The first-order valence-electron chi connectivity index (χ1n) is 7.21. The number of sulfone groups is 1. The predicted octanol–water partition coefficient (Wildman–Crippen LogP) is 2.04. The molecule has 122 valence electrons. The van der Waals surface area contributed by atoms with E-state index in [0.29, 0.717) is 16.3 Å². The third-order valence-electron chi connectivity index (χ3n) is 3.66. The van der Waals surface area contributed by atoms with E-state index in [1.165, 1.54) is 16.0 Å². The standard InChI is InChI=1S/C15H17N3O3S2/c1-11-4-6-13(7-5-11)23(20,21)9-3-8-17-15(19)18-12(2)10-22-14(18)16-17/h4-7,10H,3,8-9H2,1-2H3. The van der Waals surface area contributed by atoms with Gasteiger partial charge in [-0.25, -0.2) is 22.3 Å². The van der Waals surface area contributed by atoms with Crippen LogP contribution in [0.4, 0.5) is 0 Å². The van der Waals surface area contributed by atoms with E-state index in [1.54, 1.807) is 28.7 Å². The zero-order valence-electron chi connectivity index (χ0n) is 12.9. The Balaban J connectivity index is 1.72. The normalized spacial score (nSPS) is 12.1. The van der Waals surface area contributed by atoms with Crippen molar-refractivity contribution in [2.75, 3.05) is 5.75 Å². The van der Waals surface area contributed by atoms with Crippen LogP contribution in [0.25, 0.3) is 4.96 Å². The maximum atomic E-state index is 12.3. The van der Waals surface area contributed by atoms with Gasteiger partial charge in [-0.3, -0.25) is 0 Å². The van der Waals surface area contributed by atoms with E-state index < -0.39 is 9.84 Å². The minimum absolute atomic E-state index is 0.00728. The molecule has 0 saturated heterocycles. The molecule has 0 unspecified atom stereocenters. The highest BCUT2D eigenvalue weighted by Crippen LogP contribution is 2.14. The van der Waals surface area contributed by atoms with Crippen molar-refractivity contribution in [2.24, 2.45) is 0 Å². The molecule has 2 aromatic heterocycles. The van der Waals surface area contributed by atoms with Gasteiger partial charge in [0, 0.05) is 17.6 Å². The summed E-state index contributed by atoms with van der Waals surface area (Å²) >= 11 is 1.40. The first kappa shape index (κ1) is 15.9. The molecule has 0 aliphatic carbocycles. The summed E-state index contributed by atoms with van der Waals surface area (Å²) in [4.78, 5) is 13.1. The molecule has 0 aliphatic rings. The molecule has 8 heteroatoms. The quantitative estimate of drug-likeness (QED) is 0.705. The van der Waals surface area contributed by atoms with Crippen molar-refractivity contribution in [2.45, 2.75) is 31.7 Å². The second kappa shape index (κ2) is 5.93. The molecule has 0 atom stereocenters. The van der Waals surface area contributed by atoms with Gasteiger partial charge in [-0.05, 0) is 32.4 Å². The Hall–Kier alpha value is -1.93. The van der Waals surface area contributed by atoms with Crippen LogP contribution < -0.4 is 5.69 Å². The monoisotopic (exact) mass is 351 g/mol. The molecule has 6 nitrogen and oxygen atoms in total. The summed E-state index contributed by atoms with van der Waals surface area (Å²) in [6.07, 6.45) is 0.347. The molecule has 3 aromatic rings. The van der Waals surface area contributed by atoms with Crippen LogP contribution >= 0.6 is 11.3 Å². The van der Waals surface area contributed by atoms with Gasteiger partial charge in [-0.2, -0.15) is 0 Å². The second-order valence-corrected chi connectivity index (χ2v) is 8.43. The average Bonchev–Trinajstić information content (AvgIpc) is 3.01. The number of rotatable bonds is 5. The first-order chi connectivity index (χ1) is 10.9.